The first-order valence-electron chi connectivity index (χ1n) is 9.91. The summed E-state index contributed by atoms with van der Waals surface area (Å²) in [5.74, 6) is -1.13. The highest BCUT2D eigenvalue weighted by atomic mass is 32.2. The standard InChI is InChI=1S/C22H21N5O4S/c1-15-14-16(2)26(23-15)18-8-10-19(11-9-18)32(30,31)25-22(29)20-12-13-21(28)27(24-20)17-6-4-3-5-7-17/h3-11,14H,12-13H2,1-2H3,(H,25,29). The lowest BCUT2D eigenvalue weighted by molar-refractivity contribution is -0.118. The highest BCUT2D eigenvalue weighted by molar-refractivity contribution is 7.90. The van der Waals surface area contributed by atoms with E-state index in [0.717, 1.165) is 16.4 Å². The van der Waals surface area contributed by atoms with Gasteiger partial charge in [0.1, 0.15) is 5.71 Å². The number of nitrogens with one attached hydrogen (secondary N) is 1. The third kappa shape index (κ3) is 4.30. The number of hydrogen-bond donors (Lipinski definition) is 1. The molecule has 2 aromatic carbocycles. The van der Waals surface area contributed by atoms with E-state index in [1.54, 1.807) is 47.1 Å². The Morgan fingerprint density at radius 1 is 0.969 bits per heavy atom. The maximum Gasteiger partial charge on any atom is 0.281 e. The molecule has 10 heteroatoms. The van der Waals surface area contributed by atoms with E-state index < -0.39 is 15.9 Å². The molecule has 2 heterocycles. The maximum absolute atomic E-state index is 12.7. The highest BCUT2D eigenvalue weighted by Crippen LogP contribution is 2.20. The lowest BCUT2D eigenvalue weighted by Gasteiger charge is -2.23. The molecule has 0 bridgehead atoms. The summed E-state index contributed by atoms with van der Waals surface area (Å²) in [4.78, 5) is 24.8. The molecule has 32 heavy (non-hydrogen) atoms. The van der Waals surface area contributed by atoms with Crippen LogP contribution in [0.5, 0.6) is 0 Å². The zero-order valence-corrected chi connectivity index (χ0v) is 18.3. The van der Waals surface area contributed by atoms with Crippen molar-refractivity contribution in [3.05, 3.63) is 72.1 Å². The summed E-state index contributed by atoms with van der Waals surface area (Å²) in [6.45, 7) is 3.78. The minimum Gasteiger partial charge on any atom is -0.273 e. The Hall–Kier alpha value is -3.79. The molecule has 0 radical (unpaired) electrons. The second kappa shape index (κ2) is 8.39. The van der Waals surface area contributed by atoms with Crippen LogP contribution < -0.4 is 9.73 Å². The van der Waals surface area contributed by atoms with Gasteiger partial charge in [0.05, 0.1) is 22.0 Å². The van der Waals surface area contributed by atoms with Gasteiger partial charge in [-0.05, 0) is 56.3 Å². The fourth-order valence-electron chi connectivity index (χ4n) is 3.38. The SMILES string of the molecule is Cc1cc(C)n(-c2ccc(S(=O)(=O)NC(=O)C3=NN(c4ccccc4)C(=O)CC3)cc2)n1. The van der Waals surface area contributed by atoms with Gasteiger partial charge in [-0.1, -0.05) is 18.2 Å². The summed E-state index contributed by atoms with van der Waals surface area (Å²) in [5, 5.41) is 9.58. The monoisotopic (exact) mass is 451 g/mol. The van der Waals surface area contributed by atoms with Gasteiger partial charge in [0.15, 0.2) is 0 Å². The summed E-state index contributed by atoms with van der Waals surface area (Å²) in [6, 6.07) is 16.6. The third-order valence-corrected chi connectivity index (χ3v) is 6.27. The maximum atomic E-state index is 12.7. The van der Waals surface area contributed by atoms with Gasteiger partial charge >= 0.3 is 0 Å². The first-order valence-corrected chi connectivity index (χ1v) is 11.4. The van der Waals surface area contributed by atoms with Gasteiger partial charge in [-0.25, -0.2) is 22.8 Å². The Labute approximate surface area is 185 Å². The van der Waals surface area contributed by atoms with Crippen LogP contribution in [0.4, 0.5) is 5.69 Å². The van der Waals surface area contributed by atoms with Crippen LogP contribution in [-0.2, 0) is 19.6 Å². The second-order valence-corrected chi connectivity index (χ2v) is 9.04. The number of benzene rings is 2. The number of aryl methyl sites for hydroxylation is 2. The summed E-state index contributed by atoms with van der Waals surface area (Å²) < 4.78 is 29.2. The van der Waals surface area contributed by atoms with Crippen molar-refractivity contribution in [2.75, 3.05) is 5.01 Å². The number of amides is 2. The predicted octanol–water partition coefficient (Wildman–Crippen LogP) is 2.48. The van der Waals surface area contributed by atoms with Crippen LogP contribution in [0.15, 0.2) is 70.7 Å². The molecule has 1 N–H and O–H groups in total. The van der Waals surface area contributed by atoms with Crippen LogP contribution in [-0.4, -0.2) is 35.7 Å². The van der Waals surface area contributed by atoms with Crippen LogP contribution in [0.1, 0.15) is 24.2 Å². The average Bonchev–Trinajstić information content (AvgIpc) is 3.12. The molecule has 164 valence electrons. The van der Waals surface area contributed by atoms with Crippen molar-refractivity contribution in [3.63, 3.8) is 0 Å². The summed E-state index contributed by atoms with van der Waals surface area (Å²) in [5.41, 5.74) is 2.94. The van der Waals surface area contributed by atoms with Crippen LogP contribution in [0.3, 0.4) is 0 Å². The highest BCUT2D eigenvalue weighted by Gasteiger charge is 2.28. The number of aromatic nitrogens is 2. The first kappa shape index (κ1) is 21.4. The van der Waals surface area contributed by atoms with Crippen LogP contribution >= 0.6 is 0 Å². The zero-order chi connectivity index (χ0) is 22.9. The van der Waals surface area contributed by atoms with E-state index in [1.165, 1.54) is 12.1 Å². The topological polar surface area (TPSA) is 114 Å². The number of nitrogens with zero attached hydrogens (tertiary/aromatic N) is 4. The van der Waals surface area contributed by atoms with E-state index in [-0.39, 0.29) is 29.4 Å². The van der Waals surface area contributed by atoms with Crippen molar-refractivity contribution in [3.8, 4) is 5.69 Å². The molecule has 4 rings (SSSR count). The number of hydrogen-bond acceptors (Lipinski definition) is 6. The van der Waals surface area contributed by atoms with Crippen molar-refractivity contribution < 1.29 is 18.0 Å². The number of sulfonamides is 1. The third-order valence-electron chi connectivity index (χ3n) is 4.92. The Morgan fingerprint density at radius 2 is 1.66 bits per heavy atom. The van der Waals surface area contributed by atoms with Gasteiger partial charge in [0, 0.05) is 18.5 Å². The molecule has 1 aliphatic rings. The first-order chi connectivity index (χ1) is 15.2. The van der Waals surface area contributed by atoms with E-state index in [4.69, 9.17) is 0 Å². The normalized spacial score (nSPS) is 14.2. The summed E-state index contributed by atoms with van der Waals surface area (Å²) in [7, 11) is -4.12. The smallest absolute Gasteiger partial charge is 0.273 e. The van der Waals surface area contributed by atoms with E-state index in [1.807, 2.05) is 24.6 Å². The van der Waals surface area contributed by atoms with Crippen LogP contribution in [0.25, 0.3) is 5.69 Å². The van der Waals surface area contributed by atoms with Gasteiger partial charge in [-0.2, -0.15) is 10.2 Å². The number of para-hydroxylation sites is 1. The number of carbonyl (C=O) groups is 2. The molecular formula is C22H21N5O4S. The van der Waals surface area contributed by atoms with Crippen molar-refractivity contribution >= 4 is 33.2 Å². The Bertz CT molecular complexity index is 1310. The predicted molar refractivity (Wildman–Crippen MR) is 119 cm³/mol. The number of carbonyl (C=O) groups excluding carboxylic acids is 2. The Balaban J connectivity index is 1.53. The Kier molecular flexibility index (Phi) is 5.62. The number of anilines is 1. The van der Waals surface area contributed by atoms with Crippen LogP contribution in [0.2, 0.25) is 0 Å². The number of rotatable bonds is 5. The van der Waals surface area contributed by atoms with E-state index in [0.29, 0.717) is 11.4 Å². The van der Waals surface area contributed by atoms with Gasteiger partial charge in [-0.3, -0.25) is 9.59 Å². The molecule has 1 aromatic heterocycles. The molecule has 3 aromatic rings. The largest absolute Gasteiger partial charge is 0.281 e. The lowest BCUT2D eigenvalue weighted by atomic mass is 10.1. The fourth-order valence-corrected chi connectivity index (χ4v) is 4.36. The van der Waals surface area contributed by atoms with Gasteiger partial charge in [0.2, 0.25) is 5.91 Å². The molecule has 0 aliphatic carbocycles. The molecule has 0 fully saturated rings. The molecule has 2 amide bonds. The van der Waals surface area contributed by atoms with E-state index in [2.05, 4.69) is 10.2 Å². The molecule has 9 nitrogen and oxygen atoms in total. The van der Waals surface area contributed by atoms with E-state index in [9.17, 15) is 18.0 Å². The molecule has 0 saturated heterocycles. The molecule has 0 saturated carbocycles. The minimum absolute atomic E-state index is 0.0312. The molecule has 0 atom stereocenters. The quantitative estimate of drug-likeness (QED) is 0.640. The number of hydrazone groups is 1. The fraction of sp³-hybridized carbons (Fsp3) is 0.182. The average molecular weight is 452 g/mol. The van der Waals surface area contributed by atoms with Crippen LogP contribution in [0, 0.1) is 13.8 Å². The lowest BCUT2D eigenvalue weighted by Crippen LogP contribution is -2.41. The van der Waals surface area contributed by atoms with Gasteiger partial charge in [0.25, 0.3) is 15.9 Å². The molecular weight excluding hydrogens is 430 g/mol. The molecule has 1 aliphatic heterocycles. The molecule has 0 unspecified atom stereocenters. The van der Waals surface area contributed by atoms with Crippen molar-refractivity contribution in [2.24, 2.45) is 5.10 Å². The van der Waals surface area contributed by atoms with Crippen molar-refractivity contribution in [1.82, 2.24) is 14.5 Å². The van der Waals surface area contributed by atoms with Gasteiger partial charge in [-0.15, -0.1) is 0 Å². The molecule has 0 spiro atoms. The zero-order valence-electron chi connectivity index (χ0n) is 17.5. The summed E-state index contributed by atoms with van der Waals surface area (Å²) in [6.07, 6.45) is 0.110. The summed E-state index contributed by atoms with van der Waals surface area (Å²) >= 11 is 0. The van der Waals surface area contributed by atoms with Gasteiger partial charge < -0.3 is 0 Å². The minimum atomic E-state index is -4.12. The van der Waals surface area contributed by atoms with Crippen molar-refractivity contribution in [2.45, 2.75) is 31.6 Å². The van der Waals surface area contributed by atoms with E-state index >= 15 is 0 Å². The second-order valence-electron chi connectivity index (χ2n) is 7.36. The van der Waals surface area contributed by atoms with Crippen molar-refractivity contribution in [1.29, 1.82) is 0 Å². The Morgan fingerprint density at radius 3 is 2.28 bits per heavy atom.